The van der Waals surface area contributed by atoms with Crippen molar-refractivity contribution in [1.82, 2.24) is 4.98 Å². The Bertz CT molecular complexity index is 759. The second-order valence-corrected chi connectivity index (χ2v) is 6.39. The molecule has 22 heavy (non-hydrogen) atoms. The van der Waals surface area contributed by atoms with Crippen molar-refractivity contribution in [2.24, 2.45) is 5.92 Å². The van der Waals surface area contributed by atoms with Crippen LogP contribution in [0.25, 0.3) is 20.8 Å². The number of hydrogen-bond acceptors (Lipinski definition) is 3. The highest BCUT2D eigenvalue weighted by molar-refractivity contribution is 7.21. The van der Waals surface area contributed by atoms with E-state index in [1.807, 2.05) is 56.3 Å². The Balaban J connectivity index is 1.80. The largest absolute Gasteiger partial charge is 0.326 e. The van der Waals surface area contributed by atoms with Crippen LogP contribution in [-0.2, 0) is 4.79 Å². The van der Waals surface area contributed by atoms with Crippen molar-refractivity contribution in [2.75, 3.05) is 5.32 Å². The first kappa shape index (κ1) is 14.7. The molecule has 112 valence electrons. The van der Waals surface area contributed by atoms with Gasteiger partial charge in [-0.1, -0.05) is 26.0 Å². The first-order valence-electron chi connectivity index (χ1n) is 7.44. The Kier molecular flexibility index (Phi) is 4.20. The van der Waals surface area contributed by atoms with Gasteiger partial charge in [0.05, 0.1) is 10.2 Å². The van der Waals surface area contributed by atoms with Gasteiger partial charge in [0.15, 0.2) is 0 Å². The van der Waals surface area contributed by atoms with Gasteiger partial charge in [-0.15, -0.1) is 11.3 Å². The fourth-order valence-electron chi connectivity index (χ4n) is 2.14. The summed E-state index contributed by atoms with van der Waals surface area (Å²) in [6.07, 6.45) is 0.843. The molecule has 0 spiro atoms. The van der Waals surface area contributed by atoms with E-state index in [-0.39, 0.29) is 11.8 Å². The summed E-state index contributed by atoms with van der Waals surface area (Å²) in [6, 6.07) is 16.0. The van der Waals surface area contributed by atoms with E-state index in [4.69, 9.17) is 0 Å². The third-order valence-corrected chi connectivity index (χ3v) is 4.84. The molecule has 0 bridgehead atoms. The predicted molar refractivity (Wildman–Crippen MR) is 93.1 cm³/mol. The molecule has 3 rings (SSSR count). The standard InChI is InChI=1S/C18H18N2OS/c1-3-12(2)17(21)19-14-10-8-13(9-11-14)18-20-15-6-4-5-7-16(15)22-18/h4-12H,3H2,1-2H3,(H,19,21). The zero-order valence-corrected chi connectivity index (χ0v) is 13.5. The Morgan fingerprint density at radius 3 is 2.59 bits per heavy atom. The minimum Gasteiger partial charge on any atom is -0.326 e. The number of para-hydroxylation sites is 1. The van der Waals surface area contributed by atoms with Gasteiger partial charge in [0.2, 0.25) is 5.91 Å². The molecule has 0 saturated heterocycles. The minimum atomic E-state index is 0.0314. The summed E-state index contributed by atoms with van der Waals surface area (Å²) in [5.74, 6) is 0.0965. The second-order valence-electron chi connectivity index (χ2n) is 5.36. The number of rotatable bonds is 4. The first-order chi connectivity index (χ1) is 10.7. The van der Waals surface area contributed by atoms with Crippen LogP contribution in [0.5, 0.6) is 0 Å². The van der Waals surface area contributed by atoms with Crippen LogP contribution in [0.4, 0.5) is 5.69 Å². The van der Waals surface area contributed by atoms with Crippen LogP contribution in [0.2, 0.25) is 0 Å². The summed E-state index contributed by atoms with van der Waals surface area (Å²) in [7, 11) is 0. The van der Waals surface area contributed by atoms with Crippen LogP contribution in [0.3, 0.4) is 0 Å². The van der Waals surface area contributed by atoms with Crippen LogP contribution in [0, 0.1) is 5.92 Å². The molecule has 1 atom stereocenters. The van der Waals surface area contributed by atoms with Crippen molar-refractivity contribution >= 4 is 33.1 Å². The predicted octanol–water partition coefficient (Wildman–Crippen LogP) is 4.95. The molecule has 0 aliphatic heterocycles. The molecule has 1 N–H and O–H groups in total. The number of amides is 1. The zero-order valence-electron chi connectivity index (χ0n) is 12.7. The topological polar surface area (TPSA) is 42.0 Å². The first-order valence-corrected chi connectivity index (χ1v) is 8.26. The van der Waals surface area contributed by atoms with Crippen LogP contribution in [0.15, 0.2) is 48.5 Å². The number of thiazole rings is 1. The number of hydrogen-bond donors (Lipinski definition) is 1. The number of carbonyl (C=O) groups excluding carboxylic acids is 1. The van der Waals surface area contributed by atoms with Gasteiger partial charge in [-0.05, 0) is 42.8 Å². The molecule has 3 aromatic rings. The molecule has 0 fully saturated rings. The van der Waals surface area contributed by atoms with Gasteiger partial charge < -0.3 is 5.32 Å². The molecule has 2 aromatic carbocycles. The number of fused-ring (bicyclic) bond motifs is 1. The fourth-order valence-corrected chi connectivity index (χ4v) is 3.11. The van der Waals surface area contributed by atoms with E-state index in [0.717, 1.165) is 28.2 Å². The summed E-state index contributed by atoms with van der Waals surface area (Å²) in [4.78, 5) is 16.5. The number of nitrogens with zero attached hydrogens (tertiary/aromatic N) is 1. The van der Waals surface area contributed by atoms with Gasteiger partial charge in [0.25, 0.3) is 0 Å². The van der Waals surface area contributed by atoms with E-state index in [9.17, 15) is 4.79 Å². The SMILES string of the molecule is CCC(C)C(=O)Nc1ccc(-c2nc3ccccc3s2)cc1. The van der Waals surface area contributed by atoms with Gasteiger partial charge in [-0.2, -0.15) is 0 Å². The normalized spacial score (nSPS) is 12.3. The summed E-state index contributed by atoms with van der Waals surface area (Å²) >= 11 is 1.68. The molecule has 1 aromatic heterocycles. The van der Waals surface area contributed by atoms with Crippen LogP contribution >= 0.6 is 11.3 Å². The van der Waals surface area contributed by atoms with Crippen molar-refractivity contribution in [3.63, 3.8) is 0 Å². The Morgan fingerprint density at radius 1 is 1.18 bits per heavy atom. The number of aromatic nitrogens is 1. The van der Waals surface area contributed by atoms with E-state index >= 15 is 0 Å². The van der Waals surface area contributed by atoms with E-state index < -0.39 is 0 Å². The van der Waals surface area contributed by atoms with E-state index in [1.165, 1.54) is 4.70 Å². The van der Waals surface area contributed by atoms with Crippen molar-refractivity contribution in [2.45, 2.75) is 20.3 Å². The van der Waals surface area contributed by atoms with Gasteiger partial charge in [-0.3, -0.25) is 4.79 Å². The van der Waals surface area contributed by atoms with Crippen LogP contribution in [0.1, 0.15) is 20.3 Å². The van der Waals surface area contributed by atoms with Gasteiger partial charge in [-0.25, -0.2) is 4.98 Å². The highest BCUT2D eigenvalue weighted by Gasteiger charge is 2.11. The molecule has 1 amide bonds. The average Bonchev–Trinajstić information content (AvgIpc) is 2.98. The third-order valence-electron chi connectivity index (χ3n) is 3.75. The summed E-state index contributed by atoms with van der Waals surface area (Å²) < 4.78 is 1.19. The summed E-state index contributed by atoms with van der Waals surface area (Å²) in [5, 5.41) is 3.94. The molecule has 3 nitrogen and oxygen atoms in total. The number of carbonyl (C=O) groups is 1. The van der Waals surface area contributed by atoms with Gasteiger partial charge in [0, 0.05) is 17.2 Å². The minimum absolute atomic E-state index is 0.0314. The lowest BCUT2D eigenvalue weighted by molar-refractivity contribution is -0.119. The smallest absolute Gasteiger partial charge is 0.227 e. The van der Waals surface area contributed by atoms with Gasteiger partial charge in [0.1, 0.15) is 5.01 Å². The van der Waals surface area contributed by atoms with Crippen LogP contribution in [-0.4, -0.2) is 10.9 Å². The zero-order chi connectivity index (χ0) is 15.5. The van der Waals surface area contributed by atoms with E-state index in [1.54, 1.807) is 11.3 Å². The number of benzene rings is 2. The maximum Gasteiger partial charge on any atom is 0.227 e. The van der Waals surface area contributed by atoms with Crippen molar-refractivity contribution < 1.29 is 4.79 Å². The third kappa shape index (κ3) is 3.02. The van der Waals surface area contributed by atoms with Crippen molar-refractivity contribution in [3.8, 4) is 10.6 Å². The maximum atomic E-state index is 11.9. The van der Waals surface area contributed by atoms with E-state index in [0.29, 0.717) is 0 Å². The van der Waals surface area contributed by atoms with E-state index in [2.05, 4.69) is 16.4 Å². The van der Waals surface area contributed by atoms with Crippen molar-refractivity contribution in [3.05, 3.63) is 48.5 Å². The van der Waals surface area contributed by atoms with Crippen molar-refractivity contribution in [1.29, 1.82) is 0 Å². The Morgan fingerprint density at radius 2 is 1.91 bits per heavy atom. The lowest BCUT2D eigenvalue weighted by Crippen LogP contribution is -2.19. The second kappa shape index (κ2) is 6.28. The quantitative estimate of drug-likeness (QED) is 0.741. The highest BCUT2D eigenvalue weighted by Crippen LogP contribution is 2.30. The molecular formula is C18H18N2OS. The molecular weight excluding hydrogens is 292 g/mol. The summed E-state index contributed by atoms with van der Waals surface area (Å²) in [6.45, 7) is 3.95. The highest BCUT2D eigenvalue weighted by atomic mass is 32.1. The number of nitrogens with one attached hydrogen (secondary N) is 1. The molecule has 0 aliphatic carbocycles. The lowest BCUT2D eigenvalue weighted by atomic mass is 10.1. The Labute approximate surface area is 134 Å². The molecule has 1 heterocycles. The Hall–Kier alpha value is -2.20. The molecule has 0 saturated carbocycles. The molecule has 0 radical (unpaired) electrons. The maximum absolute atomic E-state index is 11.9. The average molecular weight is 310 g/mol. The number of anilines is 1. The molecule has 0 aliphatic rings. The lowest BCUT2D eigenvalue weighted by Gasteiger charge is -2.10. The van der Waals surface area contributed by atoms with Crippen LogP contribution < -0.4 is 5.32 Å². The summed E-state index contributed by atoms with van der Waals surface area (Å²) in [5.41, 5.74) is 2.93. The van der Waals surface area contributed by atoms with Gasteiger partial charge >= 0.3 is 0 Å². The molecule has 1 unspecified atom stereocenters. The molecule has 4 heteroatoms. The fraction of sp³-hybridized carbons (Fsp3) is 0.222. The monoisotopic (exact) mass is 310 g/mol.